The Morgan fingerprint density at radius 1 is 0.886 bits per heavy atom. The molecule has 44 heavy (non-hydrogen) atoms. The zero-order chi connectivity index (χ0) is 30.3. The van der Waals surface area contributed by atoms with Crippen LogP contribution in [0.25, 0.3) is 21.7 Å². The molecule has 5 rings (SSSR count). The van der Waals surface area contributed by atoms with Crippen molar-refractivity contribution in [3.63, 3.8) is 0 Å². The van der Waals surface area contributed by atoms with Gasteiger partial charge in [-0.15, -0.1) is 12.4 Å². The first kappa shape index (κ1) is 31.5. The van der Waals surface area contributed by atoms with Crippen LogP contribution in [-0.4, -0.2) is 47.8 Å². The minimum Gasteiger partial charge on any atom is -0.370 e. The number of nitrogens with two attached hydrogens (primary N) is 2. The molecule has 0 saturated carbocycles. The normalized spacial score (nSPS) is 11.3. The average molecular weight is 616 g/mol. The van der Waals surface area contributed by atoms with Crippen LogP contribution in [0.3, 0.4) is 0 Å². The first-order chi connectivity index (χ1) is 20.8. The molecule has 1 heterocycles. The molecule has 0 bridgehead atoms. The Balaban J connectivity index is 0.00000442. The Morgan fingerprint density at radius 3 is 2.43 bits per heavy atom. The number of fused-ring (bicyclic) bond motifs is 2. The summed E-state index contributed by atoms with van der Waals surface area (Å²) in [4.78, 5) is 47.0. The fourth-order valence-electron chi connectivity index (χ4n) is 4.79. The lowest BCUT2D eigenvalue weighted by molar-refractivity contribution is -0.122. The zero-order valence-electron chi connectivity index (χ0n) is 23.5. The summed E-state index contributed by atoms with van der Waals surface area (Å²) >= 11 is 0. The Kier molecular flexibility index (Phi) is 10.1. The van der Waals surface area contributed by atoms with E-state index in [0.29, 0.717) is 5.56 Å². The number of hydrogen-bond acceptors (Lipinski definition) is 4. The Bertz CT molecular complexity index is 1850. The fourth-order valence-corrected chi connectivity index (χ4v) is 4.79. The molecule has 0 spiro atoms. The number of aromatic amines is 1. The third-order valence-electron chi connectivity index (χ3n) is 6.91. The molecule has 0 saturated heterocycles. The van der Waals surface area contributed by atoms with Crippen LogP contribution in [0.4, 0.5) is 10.1 Å². The number of benzene rings is 4. The highest BCUT2D eigenvalue weighted by Gasteiger charge is 2.25. The molecule has 0 aliphatic carbocycles. The van der Waals surface area contributed by atoms with Gasteiger partial charge in [-0.25, -0.2) is 4.39 Å². The highest BCUT2D eigenvalue weighted by molar-refractivity contribution is 6.10. The van der Waals surface area contributed by atoms with E-state index in [2.05, 4.69) is 25.9 Å². The van der Waals surface area contributed by atoms with E-state index in [1.807, 2.05) is 54.6 Å². The largest absolute Gasteiger partial charge is 0.370 e. The molecule has 0 aliphatic rings. The van der Waals surface area contributed by atoms with Gasteiger partial charge in [0.15, 0.2) is 5.96 Å². The van der Waals surface area contributed by atoms with Gasteiger partial charge in [0.05, 0.1) is 17.8 Å². The first-order valence-electron chi connectivity index (χ1n) is 13.6. The minimum atomic E-state index is -1.04. The lowest BCUT2D eigenvalue weighted by atomic mass is 10.0. The number of para-hydroxylation sites is 1. The topological polar surface area (TPSA) is 167 Å². The maximum absolute atomic E-state index is 14.4. The molecule has 5 aromatic rings. The smallest absolute Gasteiger partial charge is 0.255 e. The number of H-pyrrole nitrogens is 1. The van der Waals surface area contributed by atoms with Crippen molar-refractivity contribution < 1.29 is 18.8 Å². The second-order valence-electron chi connectivity index (χ2n) is 9.89. The van der Waals surface area contributed by atoms with Gasteiger partial charge in [0.25, 0.3) is 11.8 Å². The molecule has 4 aromatic carbocycles. The summed E-state index contributed by atoms with van der Waals surface area (Å²) < 4.78 is 14.4. The van der Waals surface area contributed by atoms with E-state index in [9.17, 15) is 18.8 Å². The maximum Gasteiger partial charge on any atom is 0.255 e. The number of aliphatic imine (C=N–C) groups is 1. The first-order valence-corrected chi connectivity index (χ1v) is 13.6. The van der Waals surface area contributed by atoms with Gasteiger partial charge < -0.3 is 32.4 Å². The number of hydrogen-bond donors (Lipinski definition) is 6. The van der Waals surface area contributed by atoms with Crippen LogP contribution in [0, 0.1) is 5.82 Å². The van der Waals surface area contributed by atoms with Gasteiger partial charge in [-0.05, 0) is 52.7 Å². The van der Waals surface area contributed by atoms with Crippen molar-refractivity contribution >= 4 is 63.5 Å². The van der Waals surface area contributed by atoms with Crippen LogP contribution in [0.5, 0.6) is 0 Å². The third kappa shape index (κ3) is 7.50. The van der Waals surface area contributed by atoms with Gasteiger partial charge in [-0.1, -0.05) is 48.5 Å². The van der Waals surface area contributed by atoms with Crippen molar-refractivity contribution in [1.29, 1.82) is 0 Å². The van der Waals surface area contributed by atoms with E-state index in [1.165, 1.54) is 6.07 Å². The van der Waals surface area contributed by atoms with Gasteiger partial charge >= 0.3 is 0 Å². The molecule has 0 unspecified atom stereocenters. The number of nitrogens with zero attached hydrogens (tertiary/aromatic N) is 1. The number of carbonyl (C=O) groups is 3. The van der Waals surface area contributed by atoms with Crippen molar-refractivity contribution in [2.24, 2.45) is 16.5 Å². The summed E-state index contributed by atoms with van der Waals surface area (Å²) in [5.41, 5.74) is 12.7. The van der Waals surface area contributed by atoms with Crippen molar-refractivity contribution in [3.8, 4) is 0 Å². The van der Waals surface area contributed by atoms with Crippen LogP contribution in [0.2, 0.25) is 0 Å². The second-order valence-corrected chi connectivity index (χ2v) is 9.89. The predicted molar refractivity (Wildman–Crippen MR) is 172 cm³/mol. The summed E-state index contributed by atoms with van der Waals surface area (Å²) in [6, 6.07) is 22.8. The maximum atomic E-state index is 14.4. The van der Waals surface area contributed by atoms with E-state index in [4.69, 9.17) is 11.5 Å². The van der Waals surface area contributed by atoms with Crippen molar-refractivity contribution in [2.75, 3.05) is 18.4 Å². The van der Waals surface area contributed by atoms with Gasteiger partial charge in [-0.2, -0.15) is 0 Å². The monoisotopic (exact) mass is 615 g/mol. The van der Waals surface area contributed by atoms with E-state index in [-0.39, 0.29) is 49.1 Å². The highest BCUT2D eigenvalue weighted by atomic mass is 35.5. The van der Waals surface area contributed by atoms with Crippen LogP contribution in [0.15, 0.2) is 96.1 Å². The van der Waals surface area contributed by atoms with Gasteiger partial charge in [0.1, 0.15) is 11.9 Å². The standard InChI is InChI=1S/C32H30FN7O3.ClH/c33-23-11-12-27(39-29(41)21-10-9-19-5-1-2-6-20(19)15-21)25(17-23)30(42)40-28(31(43)36-13-14-37-32(34)35)16-22-18-38-26-8-4-3-7-24(22)26;/h1-12,15,17-18,28,38H,13-14,16H2,(H,36,43)(H,39,41)(H,40,42)(H4,34,35,37);1H/t28-;/m0./s1. The van der Waals surface area contributed by atoms with Gasteiger partial charge in [-0.3, -0.25) is 19.4 Å². The molecule has 10 nitrogen and oxygen atoms in total. The van der Waals surface area contributed by atoms with Crippen LogP contribution in [0.1, 0.15) is 26.3 Å². The van der Waals surface area contributed by atoms with Crippen LogP contribution >= 0.6 is 12.4 Å². The number of aromatic nitrogens is 1. The third-order valence-corrected chi connectivity index (χ3v) is 6.91. The lowest BCUT2D eigenvalue weighted by Gasteiger charge is -2.19. The summed E-state index contributed by atoms with van der Waals surface area (Å²) in [5.74, 6) is -2.48. The number of halogens is 2. The molecule has 3 amide bonds. The molecule has 8 N–H and O–H groups in total. The van der Waals surface area contributed by atoms with E-state index in [1.54, 1.807) is 18.3 Å². The molecular weight excluding hydrogens is 585 g/mol. The Hall–Kier alpha value is -5.42. The lowest BCUT2D eigenvalue weighted by Crippen LogP contribution is -2.48. The Labute approximate surface area is 258 Å². The van der Waals surface area contributed by atoms with Crippen molar-refractivity contribution in [3.05, 3.63) is 114 Å². The number of anilines is 1. The van der Waals surface area contributed by atoms with Crippen LogP contribution in [-0.2, 0) is 11.2 Å². The predicted octanol–water partition coefficient (Wildman–Crippen LogP) is 3.87. The van der Waals surface area contributed by atoms with Gasteiger partial charge in [0, 0.05) is 35.6 Å². The number of rotatable bonds is 10. The van der Waals surface area contributed by atoms with E-state index < -0.39 is 29.6 Å². The summed E-state index contributed by atoms with van der Waals surface area (Å²) in [6.45, 7) is 0.278. The van der Waals surface area contributed by atoms with Crippen LogP contribution < -0.4 is 27.4 Å². The number of nitrogens with one attached hydrogen (secondary N) is 4. The minimum absolute atomic E-state index is 0. The summed E-state index contributed by atoms with van der Waals surface area (Å²) in [7, 11) is 0. The average Bonchev–Trinajstić information content (AvgIpc) is 3.42. The second kappa shape index (κ2) is 14.2. The molecule has 0 fully saturated rings. The zero-order valence-corrected chi connectivity index (χ0v) is 24.3. The molecule has 1 aromatic heterocycles. The number of amides is 3. The van der Waals surface area contributed by atoms with E-state index >= 15 is 0 Å². The highest BCUT2D eigenvalue weighted by Crippen LogP contribution is 2.22. The number of guanidine groups is 1. The quantitative estimate of drug-likeness (QED) is 0.0795. The van der Waals surface area contributed by atoms with Crippen molar-refractivity contribution in [2.45, 2.75) is 12.5 Å². The Morgan fingerprint density at radius 2 is 1.64 bits per heavy atom. The summed E-state index contributed by atoms with van der Waals surface area (Å²) in [5, 5.41) is 10.9. The number of carbonyl (C=O) groups excluding carboxylic acids is 3. The van der Waals surface area contributed by atoms with Gasteiger partial charge in [0.2, 0.25) is 5.91 Å². The fraction of sp³-hybridized carbons (Fsp3) is 0.125. The molecule has 12 heteroatoms. The molecule has 1 atom stereocenters. The molecule has 0 radical (unpaired) electrons. The molecule has 0 aliphatic heterocycles. The molecular formula is C32H31ClFN7O3. The van der Waals surface area contributed by atoms with Crippen molar-refractivity contribution in [1.82, 2.24) is 15.6 Å². The molecule has 226 valence electrons. The SMILES string of the molecule is Cl.NC(N)=NCCNC(=O)[C@H](Cc1c[nH]c2ccccc12)NC(=O)c1cc(F)ccc1NC(=O)c1ccc2ccccc2c1. The van der Waals surface area contributed by atoms with E-state index in [0.717, 1.165) is 39.4 Å². The summed E-state index contributed by atoms with van der Waals surface area (Å²) in [6.07, 6.45) is 1.91.